The lowest BCUT2D eigenvalue weighted by atomic mass is 10.0. The number of carbonyl (C=O) groups excluding carboxylic acids is 1. The maximum absolute atomic E-state index is 12.1. The molecule has 1 aromatic carbocycles. The van der Waals surface area contributed by atoms with E-state index >= 15 is 0 Å². The van der Waals surface area contributed by atoms with Crippen molar-refractivity contribution in [2.24, 2.45) is 5.92 Å². The molecule has 0 heterocycles. The quantitative estimate of drug-likeness (QED) is 0.750. The minimum absolute atomic E-state index is 0.0162. The van der Waals surface area contributed by atoms with Crippen LogP contribution in [0.1, 0.15) is 47.7 Å². The minimum atomic E-state index is 0.0162. The van der Waals surface area contributed by atoms with Crippen LogP contribution in [0.3, 0.4) is 0 Å². The van der Waals surface area contributed by atoms with E-state index < -0.39 is 0 Å². The summed E-state index contributed by atoms with van der Waals surface area (Å²) in [5.41, 5.74) is 2.99. The highest BCUT2D eigenvalue weighted by Gasteiger charge is 2.11. The van der Waals surface area contributed by atoms with Crippen LogP contribution in [0.5, 0.6) is 0 Å². The standard InChI is InChI=1S/C16H24ClNO/c1-4-5-14(6-7-17)11-18-16(19)15-9-12(2)8-13(3)10-15/h8-10,14H,4-7,11H2,1-3H3,(H,18,19). The van der Waals surface area contributed by atoms with Crippen molar-refractivity contribution in [2.75, 3.05) is 12.4 Å². The van der Waals surface area contributed by atoms with Crippen LogP contribution >= 0.6 is 11.6 Å². The zero-order chi connectivity index (χ0) is 14.3. The van der Waals surface area contributed by atoms with Crippen LogP contribution < -0.4 is 5.32 Å². The number of alkyl halides is 1. The van der Waals surface area contributed by atoms with E-state index in [0.29, 0.717) is 18.3 Å². The largest absolute Gasteiger partial charge is 0.352 e. The van der Waals surface area contributed by atoms with Gasteiger partial charge in [0.25, 0.3) is 5.91 Å². The zero-order valence-corrected chi connectivity index (χ0v) is 12.9. The number of nitrogens with one attached hydrogen (secondary N) is 1. The maximum atomic E-state index is 12.1. The molecule has 106 valence electrons. The lowest BCUT2D eigenvalue weighted by molar-refractivity contribution is 0.0946. The topological polar surface area (TPSA) is 29.1 Å². The molecular formula is C16H24ClNO. The zero-order valence-electron chi connectivity index (χ0n) is 12.1. The van der Waals surface area contributed by atoms with Crippen molar-refractivity contribution < 1.29 is 4.79 Å². The summed E-state index contributed by atoms with van der Waals surface area (Å²) in [6.45, 7) is 6.90. The van der Waals surface area contributed by atoms with Crippen LogP contribution in [0.25, 0.3) is 0 Å². The molecular weight excluding hydrogens is 258 g/mol. The molecule has 0 aromatic heterocycles. The third kappa shape index (κ3) is 5.65. The fourth-order valence-electron chi connectivity index (χ4n) is 2.36. The monoisotopic (exact) mass is 281 g/mol. The van der Waals surface area contributed by atoms with Gasteiger partial charge < -0.3 is 5.32 Å². The summed E-state index contributed by atoms with van der Waals surface area (Å²) in [7, 11) is 0. The molecule has 0 saturated heterocycles. The first-order chi connectivity index (χ1) is 9.06. The Morgan fingerprint density at radius 1 is 1.21 bits per heavy atom. The van der Waals surface area contributed by atoms with E-state index in [1.807, 2.05) is 26.0 Å². The van der Waals surface area contributed by atoms with Crippen LogP contribution in [-0.4, -0.2) is 18.3 Å². The second kappa shape index (κ2) is 8.21. The Labute approximate surface area is 121 Å². The summed E-state index contributed by atoms with van der Waals surface area (Å²) in [6.07, 6.45) is 3.20. The second-order valence-corrected chi connectivity index (χ2v) is 5.60. The lowest BCUT2D eigenvalue weighted by Crippen LogP contribution is -2.29. The van der Waals surface area contributed by atoms with Gasteiger partial charge in [-0.15, -0.1) is 11.6 Å². The molecule has 1 rings (SSSR count). The van der Waals surface area contributed by atoms with Gasteiger partial charge in [-0.3, -0.25) is 4.79 Å². The molecule has 0 saturated carbocycles. The maximum Gasteiger partial charge on any atom is 0.251 e. The molecule has 0 aliphatic rings. The third-order valence-corrected chi connectivity index (χ3v) is 3.47. The Kier molecular flexibility index (Phi) is 6.93. The number of aryl methyl sites for hydroxylation is 2. The lowest BCUT2D eigenvalue weighted by Gasteiger charge is -2.15. The predicted molar refractivity (Wildman–Crippen MR) is 82.0 cm³/mol. The number of carbonyl (C=O) groups is 1. The van der Waals surface area contributed by atoms with Crippen LogP contribution in [-0.2, 0) is 0 Å². The van der Waals surface area contributed by atoms with Gasteiger partial charge in [0.2, 0.25) is 0 Å². The van der Waals surface area contributed by atoms with E-state index in [1.165, 1.54) is 0 Å². The number of rotatable bonds is 7. The highest BCUT2D eigenvalue weighted by atomic mass is 35.5. The van der Waals surface area contributed by atoms with Crippen LogP contribution in [0.15, 0.2) is 18.2 Å². The van der Waals surface area contributed by atoms with E-state index in [1.54, 1.807) is 0 Å². The van der Waals surface area contributed by atoms with Gasteiger partial charge in [0.05, 0.1) is 0 Å². The molecule has 1 N–H and O–H groups in total. The molecule has 0 bridgehead atoms. The van der Waals surface area contributed by atoms with Gasteiger partial charge in [-0.2, -0.15) is 0 Å². The summed E-state index contributed by atoms with van der Waals surface area (Å²) >= 11 is 5.79. The molecule has 19 heavy (non-hydrogen) atoms. The van der Waals surface area contributed by atoms with E-state index in [4.69, 9.17) is 11.6 Å². The smallest absolute Gasteiger partial charge is 0.251 e. The van der Waals surface area contributed by atoms with Crippen LogP contribution in [0.2, 0.25) is 0 Å². The van der Waals surface area contributed by atoms with Crippen molar-refractivity contribution in [3.63, 3.8) is 0 Å². The highest BCUT2D eigenvalue weighted by Crippen LogP contribution is 2.12. The number of hydrogen-bond donors (Lipinski definition) is 1. The van der Waals surface area contributed by atoms with E-state index in [-0.39, 0.29) is 5.91 Å². The summed E-state index contributed by atoms with van der Waals surface area (Å²) < 4.78 is 0. The third-order valence-electron chi connectivity index (χ3n) is 3.25. The first-order valence-electron chi connectivity index (χ1n) is 6.99. The summed E-state index contributed by atoms with van der Waals surface area (Å²) in [6, 6.07) is 5.93. The van der Waals surface area contributed by atoms with Crippen molar-refractivity contribution in [1.82, 2.24) is 5.32 Å². The average molecular weight is 282 g/mol. The number of amides is 1. The fraction of sp³-hybridized carbons (Fsp3) is 0.562. The first-order valence-corrected chi connectivity index (χ1v) is 7.52. The summed E-state index contributed by atoms with van der Waals surface area (Å²) in [5.74, 6) is 1.16. The molecule has 1 aromatic rings. The Morgan fingerprint density at radius 3 is 2.37 bits per heavy atom. The molecule has 1 unspecified atom stereocenters. The van der Waals surface area contributed by atoms with Crippen LogP contribution in [0.4, 0.5) is 0 Å². The van der Waals surface area contributed by atoms with Gasteiger partial charge in [-0.1, -0.05) is 30.5 Å². The number of halogens is 1. The van der Waals surface area contributed by atoms with Gasteiger partial charge in [0.15, 0.2) is 0 Å². The van der Waals surface area contributed by atoms with Crippen molar-refractivity contribution in [3.05, 3.63) is 34.9 Å². The Bertz CT molecular complexity index is 391. The number of benzene rings is 1. The predicted octanol–water partition coefficient (Wildman–Crippen LogP) is 4.08. The molecule has 2 nitrogen and oxygen atoms in total. The average Bonchev–Trinajstić information content (AvgIpc) is 2.35. The van der Waals surface area contributed by atoms with E-state index in [0.717, 1.165) is 36.0 Å². The van der Waals surface area contributed by atoms with Crippen molar-refractivity contribution in [2.45, 2.75) is 40.0 Å². The minimum Gasteiger partial charge on any atom is -0.352 e. The molecule has 0 fully saturated rings. The van der Waals surface area contributed by atoms with Crippen molar-refractivity contribution in [1.29, 1.82) is 0 Å². The SMILES string of the molecule is CCCC(CCCl)CNC(=O)c1cc(C)cc(C)c1. The molecule has 3 heteroatoms. The summed E-state index contributed by atoms with van der Waals surface area (Å²) in [5, 5.41) is 3.03. The Morgan fingerprint density at radius 2 is 1.84 bits per heavy atom. The van der Waals surface area contributed by atoms with E-state index in [9.17, 15) is 4.79 Å². The molecule has 0 spiro atoms. The van der Waals surface area contributed by atoms with Crippen molar-refractivity contribution in [3.8, 4) is 0 Å². The van der Waals surface area contributed by atoms with E-state index in [2.05, 4.69) is 18.3 Å². The molecule has 0 radical (unpaired) electrons. The molecule has 1 atom stereocenters. The first kappa shape index (κ1) is 16.0. The normalized spacial score (nSPS) is 12.2. The van der Waals surface area contributed by atoms with Gasteiger partial charge in [0, 0.05) is 18.0 Å². The summed E-state index contributed by atoms with van der Waals surface area (Å²) in [4.78, 5) is 12.1. The molecule has 0 aliphatic heterocycles. The Hall–Kier alpha value is -1.02. The Balaban J connectivity index is 2.58. The molecule has 1 amide bonds. The molecule has 0 aliphatic carbocycles. The highest BCUT2D eigenvalue weighted by molar-refractivity contribution is 6.17. The van der Waals surface area contributed by atoms with Gasteiger partial charge in [-0.25, -0.2) is 0 Å². The van der Waals surface area contributed by atoms with Gasteiger partial charge in [-0.05, 0) is 44.7 Å². The fourth-order valence-corrected chi connectivity index (χ4v) is 2.66. The van der Waals surface area contributed by atoms with Gasteiger partial charge in [0.1, 0.15) is 0 Å². The number of hydrogen-bond acceptors (Lipinski definition) is 1. The van der Waals surface area contributed by atoms with Crippen LogP contribution in [0, 0.1) is 19.8 Å². The second-order valence-electron chi connectivity index (χ2n) is 5.22. The van der Waals surface area contributed by atoms with Crippen molar-refractivity contribution >= 4 is 17.5 Å². The van der Waals surface area contributed by atoms with Gasteiger partial charge >= 0.3 is 0 Å².